The summed E-state index contributed by atoms with van der Waals surface area (Å²) in [5, 5.41) is 0. The van der Waals surface area contributed by atoms with Crippen molar-refractivity contribution < 1.29 is 28.5 Å². The smallest absolute Gasteiger partial charge is 0.203 e. The maximum atomic E-state index is 12.2. The number of pyridine rings is 2. The fraction of sp³-hybridized carbons (Fsp3) is 0.343. The standard InChI is InChI=1S/C35H40N4O6/c1-7-45-35-30(43-5)19-27(20-31(35)44-6)25-10-12-33(37-22-25)39-14-8-13-38(15-16-39)32-11-9-24(21-36-32)26-17-28(41-3)34(23(2)40)29(18-26)42-4/h9-12,17-22H,7-8,13-16H2,1-6H3. The Hall–Kier alpha value is -4.99. The van der Waals surface area contributed by atoms with Gasteiger partial charge in [-0.15, -0.1) is 0 Å². The van der Waals surface area contributed by atoms with E-state index in [9.17, 15) is 4.79 Å². The third kappa shape index (κ3) is 6.74. The van der Waals surface area contributed by atoms with E-state index in [4.69, 9.17) is 33.7 Å². The van der Waals surface area contributed by atoms with E-state index in [2.05, 4.69) is 21.9 Å². The number of methoxy groups -OCH3 is 4. The fourth-order valence-corrected chi connectivity index (χ4v) is 5.62. The maximum Gasteiger partial charge on any atom is 0.203 e. The van der Waals surface area contributed by atoms with Gasteiger partial charge in [-0.05, 0) is 79.9 Å². The molecule has 1 saturated heterocycles. The Morgan fingerprint density at radius 2 is 1.11 bits per heavy atom. The number of hydrogen-bond donors (Lipinski definition) is 0. The number of carbonyl (C=O) groups excluding carboxylic acids is 1. The Morgan fingerprint density at radius 1 is 0.667 bits per heavy atom. The highest BCUT2D eigenvalue weighted by Gasteiger charge is 2.20. The molecule has 2 aromatic carbocycles. The molecule has 45 heavy (non-hydrogen) atoms. The second-order valence-electron chi connectivity index (χ2n) is 10.6. The highest BCUT2D eigenvalue weighted by Crippen LogP contribution is 2.41. The summed E-state index contributed by atoms with van der Waals surface area (Å²) in [6.45, 7) is 7.37. The first-order valence-corrected chi connectivity index (χ1v) is 15.0. The van der Waals surface area contributed by atoms with Gasteiger partial charge in [0.2, 0.25) is 5.75 Å². The van der Waals surface area contributed by atoms with Gasteiger partial charge in [-0.2, -0.15) is 0 Å². The Bertz CT molecular complexity index is 1570. The number of anilines is 2. The third-order valence-electron chi connectivity index (χ3n) is 7.91. The molecular formula is C35H40N4O6. The van der Waals surface area contributed by atoms with Gasteiger partial charge in [-0.3, -0.25) is 4.79 Å². The third-order valence-corrected chi connectivity index (χ3v) is 7.91. The Labute approximate surface area is 264 Å². The average Bonchev–Trinajstić information content (AvgIpc) is 3.34. The van der Waals surface area contributed by atoms with Gasteiger partial charge in [0, 0.05) is 49.7 Å². The van der Waals surface area contributed by atoms with Crippen molar-refractivity contribution in [3.05, 3.63) is 66.5 Å². The number of hydrogen-bond acceptors (Lipinski definition) is 10. The maximum absolute atomic E-state index is 12.2. The summed E-state index contributed by atoms with van der Waals surface area (Å²) in [7, 11) is 6.35. The van der Waals surface area contributed by atoms with Crippen molar-refractivity contribution in [3.63, 3.8) is 0 Å². The molecule has 0 saturated carbocycles. The lowest BCUT2D eigenvalue weighted by Crippen LogP contribution is -2.31. The Kier molecular flexibility index (Phi) is 9.92. The molecule has 10 heteroatoms. The zero-order valence-electron chi connectivity index (χ0n) is 26.8. The summed E-state index contributed by atoms with van der Waals surface area (Å²) in [6, 6.07) is 15.8. The lowest BCUT2D eigenvalue weighted by Gasteiger charge is -2.24. The number of rotatable bonds is 11. The summed E-state index contributed by atoms with van der Waals surface area (Å²) < 4.78 is 27.9. The first kappa shape index (κ1) is 31.4. The topological polar surface area (TPSA) is 95.5 Å². The van der Waals surface area contributed by atoms with Crippen LogP contribution in [-0.2, 0) is 0 Å². The molecule has 0 amide bonds. The SMILES string of the molecule is CCOc1c(OC)cc(-c2ccc(N3CCCN(c4ccc(-c5cc(OC)c(C(C)=O)c(OC)c5)cn4)CC3)nc2)cc1OC. The van der Waals surface area contributed by atoms with Crippen LogP contribution in [0, 0.1) is 0 Å². The van der Waals surface area contributed by atoms with Crippen LogP contribution >= 0.6 is 0 Å². The van der Waals surface area contributed by atoms with E-state index in [0.29, 0.717) is 40.9 Å². The number of ketones is 1. The van der Waals surface area contributed by atoms with Gasteiger partial charge in [0.15, 0.2) is 17.3 Å². The van der Waals surface area contributed by atoms with Gasteiger partial charge in [-0.25, -0.2) is 9.97 Å². The van der Waals surface area contributed by atoms with E-state index in [1.165, 1.54) is 6.92 Å². The van der Waals surface area contributed by atoms with Crippen LogP contribution in [0.25, 0.3) is 22.3 Å². The summed E-state index contributed by atoms with van der Waals surface area (Å²) >= 11 is 0. The number of carbonyl (C=O) groups is 1. The molecule has 5 rings (SSSR count). The second kappa shape index (κ2) is 14.2. The van der Waals surface area contributed by atoms with E-state index in [1.54, 1.807) is 28.4 Å². The van der Waals surface area contributed by atoms with E-state index in [-0.39, 0.29) is 5.78 Å². The van der Waals surface area contributed by atoms with Crippen LogP contribution in [0.15, 0.2) is 60.9 Å². The molecule has 1 aliphatic rings. The lowest BCUT2D eigenvalue weighted by atomic mass is 10.0. The summed E-state index contributed by atoms with van der Waals surface area (Å²) in [5.74, 6) is 4.54. The molecule has 10 nitrogen and oxygen atoms in total. The highest BCUT2D eigenvalue weighted by molar-refractivity contribution is 6.00. The van der Waals surface area contributed by atoms with Crippen molar-refractivity contribution >= 4 is 17.4 Å². The molecule has 4 aromatic rings. The van der Waals surface area contributed by atoms with Crippen LogP contribution in [0.4, 0.5) is 11.6 Å². The van der Waals surface area contributed by atoms with Gasteiger partial charge in [0.1, 0.15) is 28.7 Å². The number of nitrogens with zero attached hydrogens (tertiary/aromatic N) is 4. The molecule has 0 unspecified atom stereocenters. The van der Waals surface area contributed by atoms with Crippen LogP contribution < -0.4 is 33.5 Å². The van der Waals surface area contributed by atoms with Gasteiger partial charge < -0.3 is 33.5 Å². The minimum Gasteiger partial charge on any atom is -0.496 e. The number of Topliss-reactive ketones (excluding diaryl/α,β-unsaturated/α-hetero) is 1. The summed E-state index contributed by atoms with van der Waals surface area (Å²) in [5.41, 5.74) is 4.11. The number of aromatic nitrogens is 2. The van der Waals surface area contributed by atoms with E-state index >= 15 is 0 Å². The Balaban J connectivity index is 1.28. The molecule has 0 aliphatic carbocycles. The number of ether oxygens (including phenoxy) is 5. The summed E-state index contributed by atoms with van der Waals surface area (Å²) in [4.78, 5) is 26.4. The molecular weight excluding hydrogens is 572 g/mol. The molecule has 0 spiro atoms. The van der Waals surface area contributed by atoms with Crippen LogP contribution in [-0.4, -0.2) is 77.0 Å². The van der Waals surface area contributed by atoms with Crippen molar-refractivity contribution in [2.45, 2.75) is 20.3 Å². The molecule has 1 fully saturated rings. The van der Waals surface area contributed by atoms with E-state index in [0.717, 1.165) is 66.5 Å². The highest BCUT2D eigenvalue weighted by atomic mass is 16.5. The fourth-order valence-electron chi connectivity index (χ4n) is 5.62. The quantitative estimate of drug-likeness (QED) is 0.183. The van der Waals surface area contributed by atoms with Gasteiger partial charge in [0.25, 0.3) is 0 Å². The van der Waals surface area contributed by atoms with Gasteiger partial charge in [0.05, 0.1) is 35.0 Å². The van der Waals surface area contributed by atoms with Crippen LogP contribution in [0.3, 0.4) is 0 Å². The summed E-state index contributed by atoms with van der Waals surface area (Å²) in [6.07, 6.45) is 4.71. The lowest BCUT2D eigenvalue weighted by molar-refractivity contribution is 0.101. The van der Waals surface area contributed by atoms with Crippen molar-refractivity contribution in [1.29, 1.82) is 0 Å². The van der Waals surface area contributed by atoms with Gasteiger partial charge in [-0.1, -0.05) is 0 Å². The molecule has 0 bridgehead atoms. The molecule has 1 aliphatic heterocycles. The predicted octanol–water partition coefficient (Wildman–Crippen LogP) is 6.16. The zero-order valence-corrected chi connectivity index (χ0v) is 26.8. The first-order chi connectivity index (χ1) is 21.9. The average molecular weight is 613 g/mol. The second-order valence-corrected chi connectivity index (χ2v) is 10.6. The van der Waals surface area contributed by atoms with Crippen LogP contribution in [0.1, 0.15) is 30.6 Å². The van der Waals surface area contributed by atoms with Crippen molar-refractivity contribution in [2.24, 2.45) is 0 Å². The molecule has 0 N–H and O–H groups in total. The van der Waals surface area contributed by atoms with E-state index < -0.39 is 0 Å². The number of benzene rings is 2. The Morgan fingerprint density at radius 3 is 1.47 bits per heavy atom. The van der Waals surface area contributed by atoms with E-state index in [1.807, 2.05) is 55.7 Å². The molecule has 0 atom stereocenters. The van der Waals surface area contributed by atoms with Crippen molar-refractivity contribution in [2.75, 3.05) is 71.0 Å². The van der Waals surface area contributed by atoms with Crippen molar-refractivity contribution in [3.8, 4) is 51.0 Å². The molecule has 3 heterocycles. The normalized spacial score (nSPS) is 13.2. The zero-order chi connectivity index (χ0) is 31.9. The van der Waals surface area contributed by atoms with Gasteiger partial charge >= 0.3 is 0 Å². The monoisotopic (exact) mass is 612 g/mol. The minimum atomic E-state index is -0.112. The first-order valence-electron chi connectivity index (χ1n) is 15.0. The molecule has 236 valence electrons. The van der Waals surface area contributed by atoms with Crippen molar-refractivity contribution in [1.82, 2.24) is 9.97 Å². The molecule has 0 radical (unpaired) electrons. The van der Waals surface area contributed by atoms with Crippen LogP contribution in [0.5, 0.6) is 28.7 Å². The van der Waals surface area contributed by atoms with Crippen LogP contribution in [0.2, 0.25) is 0 Å². The minimum absolute atomic E-state index is 0.112. The molecule has 2 aromatic heterocycles. The predicted molar refractivity (Wildman–Crippen MR) is 176 cm³/mol. The largest absolute Gasteiger partial charge is 0.496 e.